The number of hydrogen-bond donors (Lipinski definition) is 0. The molecule has 3 aromatic rings. The molecule has 0 fully saturated rings. The van der Waals surface area contributed by atoms with E-state index in [0.717, 1.165) is 41.2 Å². The van der Waals surface area contributed by atoms with Gasteiger partial charge in [-0.2, -0.15) is 18.3 Å². The standard InChI is InChI=1S/C29H35F3N4O2/c1-28(2,3)38-27(37)35-16-12-20(13-17-35)26-24-11-10-22(21-8-6-9-23(18-21)29(30,31)32)19-25(24)33-36(26)15-7-14-34(4)5/h6,8-12,18-19H,7,13-17H2,1-5H3. The Morgan fingerprint density at radius 1 is 1.08 bits per heavy atom. The third-order valence-electron chi connectivity index (χ3n) is 6.40. The molecular formula is C29H35F3N4O2. The predicted molar refractivity (Wildman–Crippen MR) is 144 cm³/mol. The summed E-state index contributed by atoms with van der Waals surface area (Å²) in [6.45, 7) is 8.13. The average molecular weight is 529 g/mol. The number of carbonyl (C=O) groups excluding carboxylic acids is 1. The lowest BCUT2D eigenvalue weighted by Crippen LogP contribution is -2.39. The molecule has 1 aromatic heterocycles. The zero-order valence-electron chi connectivity index (χ0n) is 22.6. The Bertz CT molecular complexity index is 1340. The normalized spacial score (nSPS) is 14.8. The number of halogens is 3. The number of rotatable bonds is 6. The summed E-state index contributed by atoms with van der Waals surface area (Å²) in [6.07, 6.45) is -1.13. The molecule has 0 unspecified atom stereocenters. The van der Waals surface area contributed by atoms with E-state index in [9.17, 15) is 18.0 Å². The molecule has 4 rings (SSSR count). The molecule has 0 saturated carbocycles. The van der Waals surface area contributed by atoms with Crippen LogP contribution in [-0.4, -0.2) is 65.0 Å². The van der Waals surface area contributed by atoms with Gasteiger partial charge in [-0.15, -0.1) is 0 Å². The van der Waals surface area contributed by atoms with E-state index in [-0.39, 0.29) is 6.09 Å². The first-order valence-electron chi connectivity index (χ1n) is 12.8. The smallest absolute Gasteiger partial charge is 0.416 e. The summed E-state index contributed by atoms with van der Waals surface area (Å²) >= 11 is 0. The van der Waals surface area contributed by atoms with E-state index in [1.54, 1.807) is 11.0 Å². The van der Waals surface area contributed by atoms with E-state index >= 15 is 0 Å². The fourth-order valence-electron chi connectivity index (χ4n) is 4.60. The fourth-order valence-corrected chi connectivity index (χ4v) is 4.60. The molecule has 0 N–H and O–H groups in total. The minimum absolute atomic E-state index is 0.331. The maximum absolute atomic E-state index is 13.3. The molecule has 1 aliphatic heterocycles. The first kappa shape index (κ1) is 27.7. The van der Waals surface area contributed by atoms with E-state index in [4.69, 9.17) is 9.84 Å². The maximum atomic E-state index is 13.3. The van der Waals surface area contributed by atoms with Crippen LogP contribution in [0.15, 0.2) is 48.5 Å². The number of hydrogen-bond acceptors (Lipinski definition) is 4. The monoisotopic (exact) mass is 528 g/mol. The first-order chi connectivity index (χ1) is 17.8. The van der Waals surface area contributed by atoms with Gasteiger partial charge >= 0.3 is 12.3 Å². The van der Waals surface area contributed by atoms with Crippen LogP contribution in [0.1, 0.15) is 44.9 Å². The summed E-state index contributed by atoms with van der Waals surface area (Å²) in [5, 5.41) is 5.82. The molecule has 0 aliphatic carbocycles. The number of amides is 1. The van der Waals surface area contributed by atoms with Crippen LogP contribution in [0.25, 0.3) is 27.6 Å². The van der Waals surface area contributed by atoms with Crippen molar-refractivity contribution in [3.05, 3.63) is 59.8 Å². The zero-order chi connectivity index (χ0) is 27.7. The van der Waals surface area contributed by atoms with Gasteiger partial charge in [-0.3, -0.25) is 4.68 Å². The summed E-state index contributed by atoms with van der Waals surface area (Å²) in [4.78, 5) is 16.3. The first-order valence-corrected chi connectivity index (χ1v) is 12.8. The Balaban J connectivity index is 1.68. The second kappa shape index (κ2) is 10.8. The van der Waals surface area contributed by atoms with Crippen molar-refractivity contribution < 1.29 is 22.7 Å². The molecule has 0 bridgehead atoms. The van der Waals surface area contributed by atoms with Crippen molar-refractivity contribution in [3.8, 4) is 11.1 Å². The fraction of sp³-hybridized carbons (Fsp3) is 0.448. The van der Waals surface area contributed by atoms with Gasteiger partial charge in [0.1, 0.15) is 5.60 Å². The lowest BCUT2D eigenvalue weighted by Gasteiger charge is -2.29. The van der Waals surface area contributed by atoms with Crippen molar-refractivity contribution in [2.45, 2.75) is 51.9 Å². The number of fused-ring (bicyclic) bond motifs is 1. The van der Waals surface area contributed by atoms with Gasteiger partial charge in [0, 0.05) is 25.0 Å². The number of aryl methyl sites for hydroxylation is 1. The zero-order valence-corrected chi connectivity index (χ0v) is 22.6. The molecule has 2 heterocycles. The Morgan fingerprint density at radius 2 is 1.82 bits per heavy atom. The molecule has 0 saturated heterocycles. The Kier molecular flexibility index (Phi) is 7.88. The van der Waals surface area contributed by atoms with Gasteiger partial charge in [-0.25, -0.2) is 4.79 Å². The Hall–Kier alpha value is -3.33. The molecule has 38 heavy (non-hydrogen) atoms. The summed E-state index contributed by atoms with van der Waals surface area (Å²) in [5.74, 6) is 0. The van der Waals surface area contributed by atoms with Gasteiger partial charge in [-0.1, -0.05) is 24.3 Å². The van der Waals surface area contributed by atoms with Crippen molar-refractivity contribution in [1.82, 2.24) is 19.6 Å². The van der Waals surface area contributed by atoms with Crippen LogP contribution in [-0.2, 0) is 17.5 Å². The topological polar surface area (TPSA) is 50.6 Å². The highest BCUT2D eigenvalue weighted by molar-refractivity contribution is 5.93. The van der Waals surface area contributed by atoms with Crippen molar-refractivity contribution in [1.29, 1.82) is 0 Å². The molecule has 9 heteroatoms. The summed E-state index contributed by atoms with van der Waals surface area (Å²) in [5.41, 5.74) is 2.78. The highest BCUT2D eigenvalue weighted by Gasteiger charge is 2.30. The quantitative estimate of drug-likeness (QED) is 0.357. The molecular weight excluding hydrogens is 493 g/mol. The number of carbonyl (C=O) groups is 1. The van der Waals surface area contributed by atoms with Crippen LogP contribution in [0.3, 0.4) is 0 Å². The largest absolute Gasteiger partial charge is 0.444 e. The summed E-state index contributed by atoms with van der Waals surface area (Å²) < 4.78 is 47.3. The molecule has 2 aromatic carbocycles. The minimum Gasteiger partial charge on any atom is -0.444 e. The summed E-state index contributed by atoms with van der Waals surface area (Å²) in [7, 11) is 4.05. The molecule has 1 amide bonds. The van der Waals surface area contributed by atoms with Crippen molar-refractivity contribution in [2.75, 3.05) is 33.7 Å². The van der Waals surface area contributed by atoms with Crippen molar-refractivity contribution in [2.24, 2.45) is 0 Å². The van der Waals surface area contributed by atoms with Crippen LogP contribution in [0.4, 0.5) is 18.0 Å². The van der Waals surface area contributed by atoms with Crippen LogP contribution < -0.4 is 0 Å². The van der Waals surface area contributed by atoms with Crippen LogP contribution >= 0.6 is 0 Å². The molecule has 1 aliphatic rings. The molecule has 0 spiro atoms. The second-order valence-electron chi connectivity index (χ2n) is 10.9. The predicted octanol–water partition coefficient (Wildman–Crippen LogP) is 6.70. The molecule has 0 atom stereocenters. The number of ether oxygens (including phenoxy) is 1. The third kappa shape index (κ3) is 6.56. The van der Waals surface area contributed by atoms with E-state index in [2.05, 4.69) is 4.90 Å². The van der Waals surface area contributed by atoms with Crippen LogP contribution in [0.5, 0.6) is 0 Å². The van der Waals surface area contributed by atoms with Gasteiger partial charge in [0.05, 0.1) is 16.8 Å². The number of nitrogens with zero attached hydrogens (tertiary/aromatic N) is 4. The Labute approximate surface area is 221 Å². The van der Waals surface area contributed by atoms with Gasteiger partial charge in [-0.05, 0) is 95.2 Å². The van der Waals surface area contributed by atoms with Gasteiger partial charge in [0.25, 0.3) is 0 Å². The maximum Gasteiger partial charge on any atom is 0.416 e. The SMILES string of the molecule is CN(C)CCCn1nc2cc(-c3cccc(C(F)(F)F)c3)ccc2c1C1=CCN(C(=O)OC(C)(C)C)CC1. The lowest BCUT2D eigenvalue weighted by molar-refractivity contribution is -0.137. The molecule has 6 nitrogen and oxygen atoms in total. The average Bonchev–Trinajstić information content (AvgIpc) is 3.19. The van der Waals surface area contributed by atoms with E-state index in [1.807, 2.05) is 63.8 Å². The number of benzene rings is 2. The number of aromatic nitrogens is 2. The highest BCUT2D eigenvalue weighted by atomic mass is 19.4. The van der Waals surface area contributed by atoms with E-state index < -0.39 is 17.3 Å². The number of alkyl halides is 3. The van der Waals surface area contributed by atoms with Gasteiger partial charge in [0.15, 0.2) is 0 Å². The van der Waals surface area contributed by atoms with Crippen LogP contribution in [0, 0.1) is 0 Å². The van der Waals surface area contributed by atoms with Gasteiger partial charge < -0.3 is 14.5 Å². The van der Waals surface area contributed by atoms with E-state index in [0.29, 0.717) is 37.2 Å². The molecule has 0 radical (unpaired) electrons. The van der Waals surface area contributed by atoms with Crippen molar-refractivity contribution in [3.63, 3.8) is 0 Å². The molecule has 204 valence electrons. The third-order valence-corrected chi connectivity index (χ3v) is 6.40. The van der Waals surface area contributed by atoms with Gasteiger partial charge in [0.2, 0.25) is 0 Å². The highest BCUT2D eigenvalue weighted by Crippen LogP contribution is 2.35. The lowest BCUT2D eigenvalue weighted by atomic mass is 9.98. The Morgan fingerprint density at radius 3 is 2.45 bits per heavy atom. The van der Waals surface area contributed by atoms with E-state index in [1.165, 1.54) is 12.1 Å². The second-order valence-corrected chi connectivity index (χ2v) is 10.9. The van der Waals surface area contributed by atoms with Crippen LogP contribution in [0.2, 0.25) is 0 Å². The van der Waals surface area contributed by atoms with Crippen molar-refractivity contribution >= 4 is 22.6 Å². The summed E-state index contributed by atoms with van der Waals surface area (Å²) in [6, 6.07) is 11.0. The minimum atomic E-state index is -4.40.